The summed E-state index contributed by atoms with van der Waals surface area (Å²) in [4.78, 5) is 11.4. The number of aliphatic hydroxyl groups is 2. The van der Waals surface area contributed by atoms with Crippen molar-refractivity contribution < 1.29 is 24.5 Å². The number of esters is 1. The van der Waals surface area contributed by atoms with Crippen molar-refractivity contribution in [2.24, 2.45) is 0 Å². The summed E-state index contributed by atoms with van der Waals surface area (Å²) in [7, 11) is 0. The van der Waals surface area contributed by atoms with E-state index in [9.17, 15) is 4.79 Å². The van der Waals surface area contributed by atoms with Crippen LogP contribution in [0.25, 0.3) is 6.08 Å². The number of benzene rings is 1. The van der Waals surface area contributed by atoms with Crippen molar-refractivity contribution in [1.82, 2.24) is 0 Å². The van der Waals surface area contributed by atoms with Crippen molar-refractivity contribution in [3.05, 3.63) is 35.9 Å². The van der Waals surface area contributed by atoms with Crippen molar-refractivity contribution in [3.8, 4) is 5.75 Å². The van der Waals surface area contributed by atoms with Crippen molar-refractivity contribution in [2.45, 2.75) is 25.9 Å². The Morgan fingerprint density at radius 1 is 1.33 bits per heavy atom. The molecule has 1 aromatic carbocycles. The maximum absolute atomic E-state index is 11.4. The topological polar surface area (TPSA) is 76.0 Å². The van der Waals surface area contributed by atoms with Gasteiger partial charge >= 0.3 is 5.97 Å². The van der Waals surface area contributed by atoms with Gasteiger partial charge in [-0.05, 0) is 30.2 Å². The highest BCUT2D eigenvalue weighted by molar-refractivity contribution is 5.87. The van der Waals surface area contributed by atoms with Crippen LogP contribution in [-0.2, 0) is 9.53 Å². The summed E-state index contributed by atoms with van der Waals surface area (Å²) in [5.41, 5.74) is 0.845. The molecule has 0 aliphatic carbocycles. The Kier molecular flexibility index (Phi) is 8.16. The fourth-order valence-electron chi connectivity index (χ4n) is 1.45. The lowest BCUT2D eigenvalue weighted by Crippen LogP contribution is -2.21. The molecule has 116 valence electrons. The molecule has 1 atom stereocenters. The van der Waals surface area contributed by atoms with Crippen molar-refractivity contribution >= 4 is 12.0 Å². The van der Waals surface area contributed by atoms with Crippen molar-refractivity contribution in [1.29, 1.82) is 0 Å². The van der Waals surface area contributed by atoms with E-state index < -0.39 is 18.7 Å². The van der Waals surface area contributed by atoms with Crippen molar-refractivity contribution in [2.75, 3.05) is 19.8 Å². The van der Waals surface area contributed by atoms with Crippen LogP contribution in [0.15, 0.2) is 30.3 Å². The van der Waals surface area contributed by atoms with Crippen LogP contribution in [0.1, 0.15) is 25.3 Å². The van der Waals surface area contributed by atoms with Crippen LogP contribution in [0.5, 0.6) is 5.75 Å². The third kappa shape index (κ3) is 7.48. The highest BCUT2D eigenvalue weighted by Gasteiger charge is 2.04. The summed E-state index contributed by atoms with van der Waals surface area (Å²) in [6.45, 7) is 2.15. The summed E-state index contributed by atoms with van der Waals surface area (Å²) >= 11 is 0. The molecule has 1 aromatic rings. The highest BCUT2D eigenvalue weighted by Crippen LogP contribution is 2.13. The molecule has 0 saturated heterocycles. The summed E-state index contributed by atoms with van der Waals surface area (Å²) in [5, 5.41) is 17.6. The number of carbonyl (C=O) groups excluding carboxylic acids is 1. The second kappa shape index (κ2) is 9.96. The molecule has 0 fully saturated rings. The molecule has 0 bridgehead atoms. The Labute approximate surface area is 124 Å². The first-order valence-electron chi connectivity index (χ1n) is 7.02. The first-order chi connectivity index (χ1) is 10.2. The molecule has 5 nitrogen and oxygen atoms in total. The molecule has 0 aliphatic rings. The Morgan fingerprint density at radius 2 is 2.05 bits per heavy atom. The first kappa shape index (κ1) is 17.2. The maximum atomic E-state index is 11.4. The zero-order valence-electron chi connectivity index (χ0n) is 12.2. The van der Waals surface area contributed by atoms with Gasteiger partial charge in [0.1, 0.15) is 18.5 Å². The standard InChI is InChI=1S/C16H22O5/c1-2-3-10-20-15-7-4-13(5-8-15)6-9-16(19)21-12-14(18)11-17/h4-9,14,17-18H,2-3,10-12H2,1H3/b9-6+/t14-/m0/s1. The molecule has 0 saturated carbocycles. The van der Waals surface area contributed by atoms with Crippen LogP contribution < -0.4 is 4.74 Å². The first-order valence-corrected chi connectivity index (χ1v) is 7.02. The minimum Gasteiger partial charge on any atom is -0.494 e. The van der Waals surface area contributed by atoms with E-state index in [-0.39, 0.29) is 6.61 Å². The zero-order valence-corrected chi connectivity index (χ0v) is 12.2. The molecule has 5 heteroatoms. The monoisotopic (exact) mass is 294 g/mol. The minimum absolute atomic E-state index is 0.218. The Morgan fingerprint density at radius 3 is 2.67 bits per heavy atom. The Hall–Kier alpha value is -1.85. The average molecular weight is 294 g/mol. The number of carbonyl (C=O) groups is 1. The lowest BCUT2D eigenvalue weighted by atomic mass is 10.2. The Bertz CT molecular complexity index is 438. The molecule has 0 spiro atoms. The fourth-order valence-corrected chi connectivity index (χ4v) is 1.45. The second-order valence-corrected chi connectivity index (χ2v) is 4.57. The van der Waals surface area contributed by atoms with Gasteiger partial charge in [-0.2, -0.15) is 0 Å². The van der Waals surface area contributed by atoms with Gasteiger partial charge in [0.05, 0.1) is 13.2 Å². The third-order valence-electron chi connectivity index (χ3n) is 2.69. The summed E-state index contributed by atoms with van der Waals surface area (Å²) in [6.07, 6.45) is 3.96. The quantitative estimate of drug-likeness (QED) is 0.412. The van der Waals surface area contributed by atoms with Crippen molar-refractivity contribution in [3.63, 3.8) is 0 Å². The summed E-state index contributed by atoms with van der Waals surface area (Å²) < 4.78 is 10.3. The molecule has 0 aliphatic heterocycles. The molecule has 21 heavy (non-hydrogen) atoms. The van der Waals surface area contributed by atoms with E-state index in [4.69, 9.17) is 19.7 Å². The molecular weight excluding hydrogens is 272 g/mol. The lowest BCUT2D eigenvalue weighted by molar-refractivity contribution is -0.141. The van der Waals surface area contributed by atoms with Gasteiger partial charge in [0.2, 0.25) is 0 Å². The molecule has 0 unspecified atom stereocenters. The van der Waals surface area contributed by atoms with Gasteiger partial charge in [0, 0.05) is 6.08 Å². The SMILES string of the molecule is CCCCOc1ccc(/C=C/C(=O)OC[C@@H](O)CO)cc1. The van der Waals surface area contributed by atoms with Gasteiger partial charge < -0.3 is 19.7 Å². The predicted molar refractivity (Wildman–Crippen MR) is 79.9 cm³/mol. The van der Waals surface area contributed by atoms with E-state index >= 15 is 0 Å². The van der Waals surface area contributed by atoms with E-state index in [1.807, 2.05) is 24.3 Å². The van der Waals surface area contributed by atoms with E-state index in [2.05, 4.69) is 6.92 Å². The van der Waals surface area contributed by atoms with E-state index in [0.29, 0.717) is 6.61 Å². The largest absolute Gasteiger partial charge is 0.494 e. The van der Waals surface area contributed by atoms with Gasteiger partial charge in [-0.15, -0.1) is 0 Å². The minimum atomic E-state index is -1.04. The molecule has 0 heterocycles. The van der Waals surface area contributed by atoms with Gasteiger partial charge in [0.25, 0.3) is 0 Å². The van der Waals surface area contributed by atoms with Gasteiger partial charge in [-0.25, -0.2) is 4.79 Å². The molecule has 0 amide bonds. The normalized spacial score (nSPS) is 12.3. The predicted octanol–water partition coefficient (Wildman–Crippen LogP) is 1.78. The van der Waals surface area contributed by atoms with Crippen LogP contribution in [0.4, 0.5) is 0 Å². The average Bonchev–Trinajstić information content (AvgIpc) is 2.52. The van der Waals surface area contributed by atoms with E-state index in [0.717, 1.165) is 24.2 Å². The number of hydrogen-bond donors (Lipinski definition) is 2. The molecule has 1 rings (SSSR count). The molecule has 2 N–H and O–H groups in total. The number of hydrogen-bond acceptors (Lipinski definition) is 5. The summed E-state index contributed by atoms with van der Waals surface area (Å²) in [6, 6.07) is 7.37. The van der Waals surface area contributed by atoms with Gasteiger partial charge in [-0.1, -0.05) is 25.5 Å². The van der Waals surface area contributed by atoms with Crippen LogP contribution in [0.3, 0.4) is 0 Å². The zero-order chi connectivity index (χ0) is 15.5. The Balaban J connectivity index is 2.40. The highest BCUT2D eigenvalue weighted by atomic mass is 16.5. The van der Waals surface area contributed by atoms with Gasteiger partial charge in [-0.3, -0.25) is 0 Å². The number of aliphatic hydroxyl groups excluding tert-OH is 2. The third-order valence-corrected chi connectivity index (χ3v) is 2.69. The number of ether oxygens (including phenoxy) is 2. The second-order valence-electron chi connectivity index (χ2n) is 4.57. The van der Waals surface area contributed by atoms with Crippen LogP contribution in [0.2, 0.25) is 0 Å². The summed E-state index contributed by atoms with van der Waals surface area (Å²) in [5.74, 6) is 0.236. The molecular formula is C16H22O5. The maximum Gasteiger partial charge on any atom is 0.330 e. The number of rotatable bonds is 9. The number of unbranched alkanes of at least 4 members (excludes halogenated alkanes) is 1. The van der Waals surface area contributed by atoms with Crippen LogP contribution in [0, 0.1) is 0 Å². The van der Waals surface area contributed by atoms with Crippen LogP contribution >= 0.6 is 0 Å². The smallest absolute Gasteiger partial charge is 0.330 e. The van der Waals surface area contributed by atoms with E-state index in [1.54, 1.807) is 6.08 Å². The molecule has 0 aromatic heterocycles. The molecule has 0 radical (unpaired) electrons. The van der Waals surface area contributed by atoms with Crippen LogP contribution in [-0.4, -0.2) is 42.1 Å². The van der Waals surface area contributed by atoms with Gasteiger partial charge in [0.15, 0.2) is 0 Å². The lowest BCUT2D eigenvalue weighted by Gasteiger charge is -2.06. The van der Waals surface area contributed by atoms with E-state index in [1.165, 1.54) is 6.08 Å². The fraction of sp³-hybridized carbons (Fsp3) is 0.438.